The quantitative estimate of drug-likeness (QED) is 0.605. The van der Waals surface area contributed by atoms with Gasteiger partial charge in [0.2, 0.25) is 0 Å². The number of methoxy groups -OCH3 is 1. The molecule has 0 fully saturated rings. The number of carbonyl (C=O) groups is 1. The number of H-pyrrole nitrogens is 1. The van der Waals surface area contributed by atoms with Crippen molar-refractivity contribution >= 4 is 34.1 Å². The molecule has 2 heterocycles. The largest absolute Gasteiger partial charge is 0.509 e. The molecule has 3 aromatic rings. The second-order valence-electron chi connectivity index (χ2n) is 6.84. The molecular weight excluding hydrogens is 356 g/mol. The topological polar surface area (TPSA) is 102 Å². The van der Waals surface area contributed by atoms with Crippen LogP contribution < -0.4 is 4.90 Å². The number of amidine groups is 1. The third-order valence-electron chi connectivity index (χ3n) is 5.02. The lowest BCUT2D eigenvalue weighted by atomic mass is 10.1. The van der Waals surface area contributed by atoms with E-state index in [9.17, 15) is 9.90 Å². The average Bonchev–Trinajstić information content (AvgIpc) is 3.21. The van der Waals surface area contributed by atoms with Gasteiger partial charge in [-0.2, -0.15) is 0 Å². The molecule has 1 aliphatic rings. The Bertz CT molecular complexity index is 1120. The zero-order valence-corrected chi connectivity index (χ0v) is 15.8. The molecule has 7 nitrogen and oxygen atoms in total. The van der Waals surface area contributed by atoms with Crippen molar-refractivity contribution in [3.63, 3.8) is 0 Å². The Morgan fingerprint density at radius 3 is 2.75 bits per heavy atom. The first-order valence-corrected chi connectivity index (χ1v) is 8.83. The molecule has 0 aliphatic carbocycles. The Balaban J connectivity index is 1.70. The van der Waals surface area contributed by atoms with E-state index in [0.717, 1.165) is 22.2 Å². The Morgan fingerprint density at radius 2 is 2.00 bits per heavy atom. The van der Waals surface area contributed by atoms with Crippen LogP contribution in [0.1, 0.15) is 27.3 Å². The van der Waals surface area contributed by atoms with Gasteiger partial charge >= 0.3 is 5.97 Å². The number of aliphatic hydroxyl groups is 1. The molecule has 0 saturated carbocycles. The summed E-state index contributed by atoms with van der Waals surface area (Å²) in [6.45, 7) is 4.18. The third-order valence-corrected chi connectivity index (χ3v) is 5.02. The summed E-state index contributed by atoms with van der Waals surface area (Å²) in [5.41, 5.74) is 5.28. The SMILES string of the molecule is COC(=O)c1cccc(N2CC(O)=C(c3nc4cc(C)c(C)cc4[nH]3)C2=N)c1. The van der Waals surface area contributed by atoms with E-state index in [1.54, 1.807) is 29.2 Å². The van der Waals surface area contributed by atoms with Crippen molar-refractivity contribution in [2.24, 2.45) is 0 Å². The van der Waals surface area contributed by atoms with E-state index >= 15 is 0 Å². The van der Waals surface area contributed by atoms with Crippen LogP contribution in [0.3, 0.4) is 0 Å². The smallest absolute Gasteiger partial charge is 0.337 e. The maximum atomic E-state index is 11.8. The van der Waals surface area contributed by atoms with E-state index in [2.05, 4.69) is 9.97 Å². The van der Waals surface area contributed by atoms with Gasteiger partial charge in [0.15, 0.2) is 0 Å². The Morgan fingerprint density at radius 1 is 1.25 bits per heavy atom. The van der Waals surface area contributed by atoms with Crippen LogP contribution in [0.5, 0.6) is 0 Å². The predicted molar refractivity (Wildman–Crippen MR) is 108 cm³/mol. The summed E-state index contributed by atoms with van der Waals surface area (Å²) < 4.78 is 4.76. The van der Waals surface area contributed by atoms with Gasteiger partial charge in [-0.3, -0.25) is 5.41 Å². The lowest BCUT2D eigenvalue weighted by molar-refractivity contribution is 0.0601. The van der Waals surface area contributed by atoms with Crippen molar-refractivity contribution in [2.45, 2.75) is 13.8 Å². The van der Waals surface area contributed by atoms with Crippen LogP contribution in [0.4, 0.5) is 5.69 Å². The summed E-state index contributed by atoms with van der Waals surface area (Å²) in [6.07, 6.45) is 0. The highest BCUT2D eigenvalue weighted by Crippen LogP contribution is 2.31. The lowest BCUT2D eigenvalue weighted by Gasteiger charge is -2.19. The molecule has 0 amide bonds. The van der Waals surface area contributed by atoms with Crippen molar-refractivity contribution in [3.8, 4) is 0 Å². The second kappa shape index (κ2) is 6.53. The maximum absolute atomic E-state index is 11.8. The highest BCUT2D eigenvalue weighted by Gasteiger charge is 2.31. The molecule has 0 radical (unpaired) electrons. The molecule has 28 heavy (non-hydrogen) atoms. The number of carbonyl (C=O) groups excluding carboxylic acids is 1. The summed E-state index contributed by atoms with van der Waals surface area (Å²) in [6, 6.07) is 10.8. The van der Waals surface area contributed by atoms with Crippen LogP contribution in [0.25, 0.3) is 16.6 Å². The minimum Gasteiger partial charge on any atom is -0.509 e. The number of ether oxygens (including phenoxy) is 1. The first kappa shape index (κ1) is 17.8. The fourth-order valence-electron chi connectivity index (χ4n) is 3.36. The molecule has 0 atom stereocenters. The number of hydrogen-bond acceptors (Lipinski definition) is 5. The minimum absolute atomic E-state index is 0.0565. The van der Waals surface area contributed by atoms with Gasteiger partial charge in [-0.05, 0) is 55.3 Å². The highest BCUT2D eigenvalue weighted by molar-refractivity contribution is 6.30. The number of benzene rings is 2. The number of nitrogens with zero attached hydrogens (tertiary/aromatic N) is 2. The first-order valence-electron chi connectivity index (χ1n) is 8.83. The van der Waals surface area contributed by atoms with Crippen molar-refractivity contribution in [1.29, 1.82) is 5.41 Å². The van der Waals surface area contributed by atoms with E-state index in [1.165, 1.54) is 7.11 Å². The molecule has 0 saturated heterocycles. The van der Waals surface area contributed by atoms with E-state index in [0.29, 0.717) is 22.6 Å². The Labute approximate surface area is 161 Å². The monoisotopic (exact) mass is 376 g/mol. The number of aromatic amines is 1. The molecule has 2 aromatic carbocycles. The fraction of sp³-hybridized carbons (Fsp3) is 0.190. The van der Waals surface area contributed by atoms with Crippen molar-refractivity contribution in [1.82, 2.24) is 9.97 Å². The van der Waals surface area contributed by atoms with Crippen LogP contribution in [-0.4, -0.2) is 40.5 Å². The van der Waals surface area contributed by atoms with E-state index in [1.807, 2.05) is 26.0 Å². The van der Waals surface area contributed by atoms with E-state index in [-0.39, 0.29) is 18.1 Å². The van der Waals surface area contributed by atoms with Gasteiger partial charge < -0.3 is 19.7 Å². The number of aromatic nitrogens is 2. The van der Waals surface area contributed by atoms with Crippen LogP contribution >= 0.6 is 0 Å². The number of fused-ring (bicyclic) bond motifs is 1. The number of imidazole rings is 1. The third kappa shape index (κ3) is 2.81. The summed E-state index contributed by atoms with van der Waals surface area (Å²) in [5, 5.41) is 19.1. The van der Waals surface area contributed by atoms with Crippen molar-refractivity contribution < 1.29 is 14.6 Å². The van der Waals surface area contributed by atoms with Crippen LogP contribution in [0.2, 0.25) is 0 Å². The van der Waals surface area contributed by atoms with Gasteiger partial charge in [-0.1, -0.05) is 6.07 Å². The van der Waals surface area contributed by atoms with Crippen LogP contribution in [0, 0.1) is 19.3 Å². The van der Waals surface area contributed by atoms with Gasteiger partial charge in [0, 0.05) is 5.69 Å². The number of hydrogen-bond donors (Lipinski definition) is 3. The summed E-state index contributed by atoms with van der Waals surface area (Å²) in [7, 11) is 1.32. The van der Waals surface area contributed by atoms with E-state index < -0.39 is 5.97 Å². The van der Waals surface area contributed by atoms with Gasteiger partial charge in [-0.15, -0.1) is 0 Å². The fourth-order valence-corrected chi connectivity index (χ4v) is 3.36. The molecule has 0 spiro atoms. The maximum Gasteiger partial charge on any atom is 0.337 e. The number of rotatable bonds is 3. The minimum atomic E-state index is -0.451. The molecular formula is C21H20N4O3. The number of nitrogens with one attached hydrogen (secondary N) is 2. The molecule has 4 rings (SSSR count). The van der Waals surface area contributed by atoms with Crippen LogP contribution in [0.15, 0.2) is 42.2 Å². The van der Waals surface area contributed by atoms with Gasteiger partial charge in [0.05, 0.1) is 35.8 Å². The first-order chi connectivity index (χ1) is 13.4. The van der Waals surface area contributed by atoms with Crippen molar-refractivity contribution in [3.05, 3.63) is 64.7 Å². The predicted octanol–water partition coefficient (Wildman–Crippen LogP) is 3.73. The van der Waals surface area contributed by atoms with Gasteiger partial charge in [-0.25, -0.2) is 9.78 Å². The molecule has 142 valence electrons. The van der Waals surface area contributed by atoms with Gasteiger partial charge in [0.25, 0.3) is 0 Å². The van der Waals surface area contributed by atoms with Gasteiger partial charge in [0.1, 0.15) is 17.4 Å². The van der Waals surface area contributed by atoms with Crippen molar-refractivity contribution in [2.75, 3.05) is 18.6 Å². The summed E-state index contributed by atoms with van der Waals surface area (Å²) in [5.74, 6) is 0.176. The zero-order chi connectivity index (χ0) is 20.0. The molecule has 7 heteroatoms. The lowest BCUT2D eigenvalue weighted by Crippen LogP contribution is -2.26. The molecule has 0 bridgehead atoms. The normalized spacial score (nSPS) is 14.2. The molecule has 1 aliphatic heterocycles. The second-order valence-corrected chi connectivity index (χ2v) is 6.84. The Kier molecular flexibility index (Phi) is 4.15. The number of esters is 1. The summed E-state index contributed by atoms with van der Waals surface area (Å²) in [4.78, 5) is 21.2. The Hall–Kier alpha value is -3.61. The number of aryl methyl sites for hydroxylation is 2. The molecule has 0 unspecified atom stereocenters. The average molecular weight is 376 g/mol. The van der Waals surface area contributed by atoms with E-state index in [4.69, 9.17) is 10.1 Å². The summed E-state index contributed by atoms with van der Waals surface area (Å²) >= 11 is 0. The number of aliphatic hydroxyl groups excluding tert-OH is 1. The molecule has 3 N–H and O–H groups in total. The van der Waals surface area contributed by atoms with Crippen LogP contribution in [-0.2, 0) is 4.74 Å². The molecule has 1 aromatic heterocycles. The number of anilines is 1. The standard InChI is InChI=1S/C21H20N4O3/c1-11-7-15-16(8-12(11)2)24-20(23-15)18-17(26)10-25(19(18)22)14-6-4-5-13(9-14)21(27)28-3/h4-9,22,26H,10H2,1-3H3,(H,23,24). The zero-order valence-electron chi connectivity index (χ0n) is 15.8. The highest BCUT2D eigenvalue weighted by atomic mass is 16.5.